The van der Waals surface area contributed by atoms with Gasteiger partial charge in [-0.3, -0.25) is 4.90 Å². The lowest BCUT2D eigenvalue weighted by molar-refractivity contribution is 0.269. The maximum absolute atomic E-state index is 12.9. The minimum absolute atomic E-state index is 0.239. The highest BCUT2D eigenvalue weighted by Gasteiger charge is 2.26. The number of aromatic nitrogens is 2. The predicted molar refractivity (Wildman–Crippen MR) is 156 cm³/mol. The third-order valence-electron chi connectivity index (χ3n) is 7.01. The zero-order valence-corrected chi connectivity index (χ0v) is 24.1. The Morgan fingerprint density at radius 2 is 1.77 bits per heavy atom. The van der Waals surface area contributed by atoms with E-state index in [9.17, 15) is 8.42 Å². The fourth-order valence-electron chi connectivity index (χ4n) is 5.08. The molecule has 9 nitrogen and oxygen atoms in total. The van der Waals surface area contributed by atoms with Gasteiger partial charge >= 0.3 is 0 Å². The van der Waals surface area contributed by atoms with Gasteiger partial charge in [0.05, 0.1) is 4.90 Å². The van der Waals surface area contributed by atoms with E-state index in [1.807, 2.05) is 33.0 Å². The Bertz CT molecular complexity index is 1400. The van der Waals surface area contributed by atoms with Crippen molar-refractivity contribution in [1.29, 1.82) is 0 Å². The molecule has 5 rings (SSSR count). The van der Waals surface area contributed by atoms with Gasteiger partial charge in [0.15, 0.2) is 0 Å². The number of sulfonamides is 1. The summed E-state index contributed by atoms with van der Waals surface area (Å²) in [5.41, 5.74) is 3.49. The summed E-state index contributed by atoms with van der Waals surface area (Å²) in [5, 5.41) is 3.34. The maximum Gasteiger partial charge on any atom is 0.241 e. The quantitative estimate of drug-likeness (QED) is 0.455. The molecule has 0 atom stereocenters. The van der Waals surface area contributed by atoms with Crippen molar-refractivity contribution < 1.29 is 8.42 Å². The van der Waals surface area contributed by atoms with Gasteiger partial charge in [0.2, 0.25) is 16.0 Å². The summed E-state index contributed by atoms with van der Waals surface area (Å²) >= 11 is 0. The summed E-state index contributed by atoms with van der Waals surface area (Å²) in [6.45, 7) is 11.7. The number of likely N-dealkylation sites (N-methyl/N-ethyl adjacent to an activating group) is 1. The molecule has 2 aliphatic heterocycles. The Morgan fingerprint density at radius 3 is 2.54 bits per heavy atom. The molecule has 0 amide bonds. The molecular weight excluding hydrogens is 510 g/mol. The number of hydrogen-bond acceptors (Lipinski definition) is 8. The summed E-state index contributed by atoms with van der Waals surface area (Å²) in [6, 6.07) is 15.5. The average molecular weight is 550 g/mol. The molecule has 2 aliphatic rings. The summed E-state index contributed by atoms with van der Waals surface area (Å²) in [4.78, 5) is 16.6. The van der Waals surface area contributed by atoms with Crippen LogP contribution in [0.4, 0.5) is 23.1 Å². The Hall–Kier alpha value is -3.05. The van der Waals surface area contributed by atoms with E-state index in [0.717, 1.165) is 61.9 Å². The van der Waals surface area contributed by atoms with Crippen LogP contribution in [0.15, 0.2) is 59.6 Å². The van der Waals surface area contributed by atoms with Crippen LogP contribution >= 0.6 is 0 Å². The summed E-state index contributed by atoms with van der Waals surface area (Å²) in [7, 11) is -1.45. The van der Waals surface area contributed by atoms with Gasteiger partial charge in [-0.1, -0.05) is 18.2 Å². The van der Waals surface area contributed by atoms with E-state index >= 15 is 0 Å². The highest BCUT2D eigenvalue weighted by molar-refractivity contribution is 7.89. The van der Waals surface area contributed by atoms with Crippen LogP contribution in [0.25, 0.3) is 0 Å². The molecule has 3 aromatic rings. The van der Waals surface area contributed by atoms with Crippen molar-refractivity contribution in [1.82, 2.24) is 24.5 Å². The highest BCUT2D eigenvalue weighted by atomic mass is 32.2. The normalized spacial score (nSPS) is 17.2. The molecule has 208 valence electrons. The van der Waals surface area contributed by atoms with Crippen LogP contribution in [-0.4, -0.2) is 73.5 Å². The molecule has 10 heteroatoms. The zero-order chi connectivity index (χ0) is 27.6. The van der Waals surface area contributed by atoms with Crippen LogP contribution in [0.3, 0.4) is 0 Å². The van der Waals surface area contributed by atoms with Crippen molar-refractivity contribution >= 4 is 33.2 Å². The standard InChI is InChI=1S/C29H39N7O2S/c1-29(2,3)33-39(37,38)26-8-5-7-25(19-26)36-16-13-23-20-30-28(32-27(23)36)31-24-11-9-22(10-12-24)21-35-15-6-14-34(4)17-18-35/h5,7-12,19-20,33H,6,13-18,21H2,1-4H3,(H,30,31,32). The van der Waals surface area contributed by atoms with Crippen molar-refractivity contribution in [2.24, 2.45) is 0 Å². The Morgan fingerprint density at radius 1 is 0.974 bits per heavy atom. The largest absolute Gasteiger partial charge is 0.326 e. The van der Waals surface area contributed by atoms with Crippen molar-refractivity contribution in [3.8, 4) is 0 Å². The average Bonchev–Trinajstić information content (AvgIpc) is 3.19. The number of nitrogens with zero attached hydrogens (tertiary/aromatic N) is 5. The van der Waals surface area contributed by atoms with E-state index in [-0.39, 0.29) is 4.90 Å². The van der Waals surface area contributed by atoms with Gasteiger partial charge < -0.3 is 15.1 Å². The molecule has 0 bridgehead atoms. The highest BCUT2D eigenvalue weighted by Crippen LogP contribution is 2.34. The minimum Gasteiger partial charge on any atom is -0.326 e. The maximum atomic E-state index is 12.9. The smallest absolute Gasteiger partial charge is 0.241 e. The van der Waals surface area contributed by atoms with Gasteiger partial charge in [-0.2, -0.15) is 4.98 Å². The molecule has 2 N–H and O–H groups in total. The Balaban J connectivity index is 1.29. The zero-order valence-electron chi connectivity index (χ0n) is 23.3. The molecule has 1 aromatic heterocycles. The molecule has 3 heterocycles. The molecule has 0 spiro atoms. The first-order valence-electron chi connectivity index (χ1n) is 13.6. The van der Waals surface area contributed by atoms with Gasteiger partial charge in [0, 0.05) is 54.9 Å². The molecule has 0 saturated carbocycles. The van der Waals surface area contributed by atoms with Crippen LogP contribution in [0, 0.1) is 0 Å². The van der Waals surface area contributed by atoms with Gasteiger partial charge in [0.25, 0.3) is 0 Å². The lowest BCUT2D eigenvalue weighted by Gasteiger charge is -2.22. The number of anilines is 4. The first-order valence-corrected chi connectivity index (χ1v) is 15.1. The van der Waals surface area contributed by atoms with Crippen LogP contribution in [0.5, 0.6) is 0 Å². The van der Waals surface area contributed by atoms with Crippen molar-refractivity contribution in [2.75, 3.05) is 50.0 Å². The van der Waals surface area contributed by atoms with Gasteiger partial charge in [-0.25, -0.2) is 18.1 Å². The van der Waals surface area contributed by atoms with E-state index in [1.54, 1.807) is 18.2 Å². The fourth-order valence-corrected chi connectivity index (χ4v) is 6.53. The van der Waals surface area contributed by atoms with Gasteiger partial charge in [-0.15, -0.1) is 0 Å². The number of rotatable bonds is 7. The van der Waals surface area contributed by atoms with E-state index in [1.165, 1.54) is 12.0 Å². The molecule has 0 aliphatic carbocycles. The van der Waals surface area contributed by atoms with Crippen molar-refractivity contribution in [3.63, 3.8) is 0 Å². The summed E-state index contributed by atoms with van der Waals surface area (Å²) in [5.74, 6) is 1.32. The minimum atomic E-state index is -3.64. The Labute approximate surface area is 232 Å². The molecular formula is C29H39N7O2S. The molecule has 0 unspecified atom stereocenters. The summed E-state index contributed by atoms with van der Waals surface area (Å²) in [6.07, 6.45) is 3.86. The molecule has 1 fully saturated rings. The van der Waals surface area contributed by atoms with Gasteiger partial charge in [-0.05, 0) is 89.6 Å². The van der Waals surface area contributed by atoms with Crippen molar-refractivity contribution in [2.45, 2.75) is 50.6 Å². The molecule has 39 heavy (non-hydrogen) atoms. The number of hydrogen-bond donors (Lipinski definition) is 2. The molecule has 2 aromatic carbocycles. The SMILES string of the molecule is CN1CCCN(Cc2ccc(Nc3ncc4c(n3)N(c3cccc(S(=O)(=O)NC(C)(C)C)c3)CC4)cc2)CC1. The van der Waals surface area contributed by atoms with Gasteiger partial charge in [0.1, 0.15) is 5.82 Å². The Kier molecular flexibility index (Phi) is 7.91. The van der Waals surface area contributed by atoms with E-state index in [0.29, 0.717) is 12.5 Å². The third-order valence-corrected chi connectivity index (χ3v) is 8.77. The lowest BCUT2D eigenvalue weighted by atomic mass is 10.1. The lowest BCUT2D eigenvalue weighted by Crippen LogP contribution is -2.40. The van der Waals surface area contributed by atoms with Crippen LogP contribution < -0.4 is 14.9 Å². The predicted octanol–water partition coefficient (Wildman–Crippen LogP) is 4.13. The second kappa shape index (κ2) is 11.2. The summed E-state index contributed by atoms with van der Waals surface area (Å²) < 4.78 is 28.6. The second-order valence-corrected chi connectivity index (χ2v) is 13.2. The first kappa shape index (κ1) is 27.5. The first-order chi connectivity index (χ1) is 18.6. The second-order valence-electron chi connectivity index (χ2n) is 11.6. The van der Waals surface area contributed by atoms with Crippen molar-refractivity contribution in [3.05, 3.63) is 65.9 Å². The van der Waals surface area contributed by atoms with E-state index in [4.69, 9.17) is 4.98 Å². The topological polar surface area (TPSA) is 93.7 Å². The molecule has 1 saturated heterocycles. The fraction of sp³-hybridized carbons (Fsp3) is 0.448. The number of nitrogens with one attached hydrogen (secondary N) is 2. The van der Waals surface area contributed by atoms with Crippen LogP contribution in [0.2, 0.25) is 0 Å². The number of fused-ring (bicyclic) bond motifs is 1. The van der Waals surface area contributed by atoms with E-state index < -0.39 is 15.6 Å². The third kappa shape index (κ3) is 6.94. The monoisotopic (exact) mass is 549 g/mol. The van der Waals surface area contributed by atoms with E-state index in [2.05, 4.69) is 61.0 Å². The molecule has 0 radical (unpaired) electrons. The van der Waals surface area contributed by atoms with Crippen LogP contribution in [0.1, 0.15) is 38.3 Å². The van der Waals surface area contributed by atoms with Crippen LogP contribution in [-0.2, 0) is 23.0 Å². The number of benzene rings is 2.